The number of aromatic nitrogens is 2. The molecule has 0 atom stereocenters. The van der Waals surface area contributed by atoms with Gasteiger partial charge in [-0.05, 0) is 6.07 Å². The standard InChI is InChI=1S/C17H14N3O3/c21-20(22)15-7-4-8-16(11-15)23-17-13-19(10-9-18-17)12-14-5-2-1-3-6-14/h1-11,13H,12H2/q+1. The fourth-order valence-electron chi connectivity index (χ4n) is 2.14. The summed E-state index contributed by atoms with van der Waals surface area (Å²) in [6, 6.07) is 16.0. The minimum absolute atomic E-state index is 0.0180. The van der Waals surface area contributed by atoms with Crippen LogP contribution < -0.4 is 9.30 Å². The van der Waals surface area contributed by atoms with Crippen molar-refractivity contribution in [3.05, 3.63) is 88.9 Å². The van der Waals surface area contributed by atoms with E-state index in [0.29, 0.717) is 18.2 Å². The molecular formula is C17H14N3O3+. The molecule has 0 aliphatic heterocycles. The van der Waals surface area contributed by atoms with Crippen LogP contribution in [0, 0.1) is 10.1 Å². The Kier molecular flexibility index (Phi) is 4.24. The average molecular weight is 308 g/mol. The van der Waals surface area contributed by atoms with Crippen LogP contribution in [0.25, 0.3) is 0 Å². The lowest BCUT2D eigenvalue weighted by Crippen LogP contribution is -2.33. The lowest BCUT2D eigenvalue weighted by molar-refractivity contribution is -0.689. The fraction of sp³-hybridized carbons (Fsp3) is 0.0588. The van der Waals surface area contributed by atoms with Gasteiger partial charge in [-0.25, -0.2) is 4.98 Å². The van der Waals surface area contributed by atoms with E-state index >= 15 is 0 Å². The monoisotopic (exact) mass is 308 g/mol. The van der Waals surface area contributed by atoms with E-state index in [9.17, 15) is 10.1 Å². The number of rotatable bonds is 5. The average Bonchev–Trinajstić information content (AvgIpc) is 2.56. The van der Waals surface area contributed by atoms with E-state index in [1.54, 1.807) is 24.5 Å². The van der Waals surface area contributed by atoms with Crippen molar-refractivity contribution in [2.45, 2.75) is 6.54 Å². The number of ether oxygens (including phenoxy) is 1. The third kappa shape index (κ3) is 3.88. The minimum atomic E-state index is -0.457. The number of hydrogen-bond donors (Lipinski definition) is 0. The molecule has 0 fully saturated rings. The van der Waals surface area contributed by atoms with Crippen LogP contribution >= 0.6 is 0 Å². The highest BCUT2D eigenvalue weighted by atomic mass is 16.6. The van der Waals surface area contributed by atoms with E-state index in [1.807, 2.05) is 41.1 Å². The van der Waals surface area contributed by atoms with Gasteiger partial charge in [-0.2, -0.15) is 4.57 Å². The lowest BCUT2D eigenvalue weighted by atomic mass is 10.2. The van der Waals surface area contributed by atoms with Gasteiger partial charge >= 0.3 is 0 Å². The molecule has 0 amide bonds. The Hall–Kier alpha value is -3.28. The van der Waals surface area contributed by atoms with Crippen molar-refractivity contribution >= 4 is 5.69 Å². The van der Waals surface area contributed by atoms with Gasteiger partial charge in [0.05, 0.1) is 17.2 Å². The van der Waals surface area contributed by atoms with Crippen LogP contribution in [0.2, 0.25) is 0 Å². The van der Waals surface area contributed by atoms with Crippen molar-refractivity contribution in [1.82, 2.24) is 4.98 Å². The first kappa shape index (κ1) is 14.6. The predicted molar refractivity (Wildman–Crippen MR) is 83.1 cm³/mol. The van der Waals surface area contributed by atoms with Gasteiger partial charge in [0, 0.05) is 11.6 Å². The summed E-state index contributed by atoms with van der Waals surface area (Å²) in [5, 5.41) is 10.8. The van der Waals surface area contributed by atoms with Crippen molar-refractivity contribution < 1.29 is 14.2 Å². The van der Waals surface area contributed by atoms with Crippen LogP contribution in [0.1, 0.15) is 5.56 Å². The molecule has 0 N–H and O–H groups in total. The van der Waals surface area contributed by atoms with Crippen molar-refractivity contribution in [2.24, 2.45) is 0 Å². The van der Waals surface area contributed by atoms with Gasteiger partial charge in [0.25, 0.3) is 11.6 Å². The third-order valence-corrected chi connectivity index (χ3v) is 3.20. The molecule has 0 saturated carbocycles. The van der Waals surface area contributed by atoms with E-state index in [1.165, 1.54) is 12.1 Å². The number of nitro groups is 1. The zero-order chi connectivity index (χ0) is 16.1. The smallest absolute Gasteiger partial charge is 0.285 e. The van der Waals surface area contributed by atoms with Crippen LogP contribution in [0.5, 0.6) is 11.6 Å². The Morgan fingerprint density at radius 1 is 1.13 bits per heavy atom. The summed E-state index contributed by atoms with van der Waals surface area (Å²) < 4.78 is 7.55. The molecule has 1 aromatic heterocycles. The van der Waals surface area contributed by atoms with Crippen molar-refractivity contribution in [1.29, 1.82) is 0 Å². The molecule has 6 heteroatoms. The maximum absolute atomic E-state index is 10.8. The molecule has 3 rings (SSSR count). The van der Waals surface area contributed by atoms with Crippen molar-refractivity contribution in [2.75, 3.05) is 0 Å². The highest BCUT2D eigenvalue weighted by Crippen LogP contribution is 2.22. The topological polar surface area (TPSA) is 69.1 Å². The minimum Gasteiger partial charge on any atom is -0.434 e. The molecule has 0 radical (unpaired) electrons. The molecular weight excluding hydrogens is 294 g/mol. The Labute approximate surface area is 132 Å². The Bertz CT molecular complexity index is 822. The Balaban J connectivity index is 1.77. The maximum Gasteiger partial charge on any atom is 0.285 e. The summed E-state index contributed by atoms with van der Waals surface area (Å²) in [5.74, 6) is 0.757. The highest BCUT2D eigenvalue weighted by Gasteiger charge is 2.10. The molecule has 23 heavy (non-hydrogen) atoms. The first-order chi connectivity index (χ1) is 11.2. The second-order valence-corrected chi connectivity index (χ2v) is 4.91. The number of benzene rings is 2. The molecule has 3 aromatic rings. The molecule has 114 valence electrons. The zero-order valence-electron chi connectivity index (χ0n) is 12.2. The molecule has 2 aromatic carbocycles. The highest BCUT2D eigenvalue weighted by molar-refractivity contribution is 5.39. The van der Waals surface area contributed by atoms with Gasteiger partial charge in [0.1, 0.15) is 5.75 Å². The summed E-state index contributed by atoms with van der Waals surface area (Å²) in [6.45, 7) is 0.689. The lowest BCUT2D eigenvalue weighted by Gasteiger charge is -2.03. The number of nitrogens with zero attached hydrogens (tertiary/aromatic N) is 3. The largest absolute Gasteiger partial charge is 0.434 e. The normalized spacial score (nSPS) is 10.3. The maximum atomic E-state index is 10.8. The quantitative estimate of drug-likeness (QED) is 0.412. The van der Waals surface area contributed by atoms with Gasteiger partial charge in [0.15, 0.2) is 12.7 Å². The number of non-ortho nitro benzene ring substituents is 1. The van der Waals surface area contributed by atoms with Crippen molar-refractivity contribution in [3.63, 3.8) is 0 Å². The molecule has 0 saturated heterocycles. The van der Waals surface area contributed by atoms with E-state index < -0.39 is 4.92 Å². The summed E-state index contributed by atoms with van der Waals surface area (Å²) in [5.41, 5.74) is 1.14. The van der Waals surface area contributed by atoms with Gasteiger partial charge in [-0.15, -0.1) is 0 Å². The Morgan fingerprint density at radius 2 is 1.96 bits per heavy atom. The fourth-order valence-corrected chi connectivity index (χ4v) is 2.14. The van der Waals surface area contributed by atoms with Crippen LogP contribution in [0.15, 0.2) is 73.2 Å². The summed E-state index contributed by atoms with van der Waals surface area (Å²) in [4.78, 5) is 14.5. The van der Waals surface area contributed by atoms with Gasteiger partial charge in [-0.3, -0.25) is 10.1 Å². The summed E-state index contributed by atoms with van der Waals surface area (Å²) in [7, 11) is 0. The van der Waals surface area contributed by atoms with E-state index in [4.69, 9.17) is 4.74 Å². The van der Waals surface area contributed by atoms with Gasteiger partial charge in [0.2, 0.25) is 6.20 Å². The number of hydrogen-bond acceptors (Lipinski definition) is 4. The molecule has 0 unspecified atom stereocenters. The van der Waals surface area contributed by atoms with Crippen LogP contribution in [-0.2, 0) is 6.54 Å². The second kappa shape index (κ2) is 6.65. The SMILES string of the molecule is O=[N+]([O-])c1cccc(Oc2c[n+](Cc3ccccc3)ccn2)c1. The predicted octanol–water partition coefficient (Wildman–Crippen LogP) is 3.12. The molecule has 0 bridgehead atoms. The van der Waals surface area contributed by atoms with Crippen LogP contribution in [-0.4, -0.2) is 9.91 Å². The summed E-state index contributed by atoms with van der Waals surface area (Å²) >= 11 is 0. The molecule has 0 spiro atoms. The Morgan fingerprint density at radius 3 is 2.74 bits per heavy atom. The third-order valence-electron chi connectivity index (χ3n) is 3.20. The van der Waals surface area contributed by atoms with Crippen LogP contribution in [0.3, 0.4) is 0 Å². The molecule has 0 aliphatic carbocycles. The molecule has 0 aliphatic rings. The van der Waals surface area contributed by atoms with E-state index in [0.717, 1.165) is 5.56 Å². The first-order valence-corrected chi connectivity index (χ1v) is 7.02. The van der Waals surface area contributed by atoms with Crippen molar-refractivity contribution in [3.8, 4) is 11.6 Å². The number of nitro benzene ring substituents is 1. The van der Waals surface area contributed by atoms with E-state index in [2.05, 4.69) is 4.98 Å². The molecule has 1 heterocycles. The van der Waals surface area contributed by atoms with Gasteiger partial charge in [-0.1, -0.05) is 36.4 Å². The molecule has 6 nitrogen and oxygen atoms in total. The summed E-state index contributed by atoms with van der Waals surface area (Å²) in [6.07, 6.45) is 5.23. The van der Waals surface area contributed by atoms with Gasteiger partial charge < -0.3 is 4.74 Å². The zero-order valence-corrected chi connectivity index (χ0v) is 12.2. The second-order valence-electron chi connectivity index (χ2n) is 4.91. The van der Waals surface area contributed by atoms with E-state index in [-0.39, 0.29) is 5.69 Å². The van der Waals surface area contributed by atoms with Crippen LogP contribution in [0.4, 0.5) is 5.69 Å². The first-order valence-electron chi connectivity index (χ1n) is 7.02.